The van der Waals surface area contributed by atoms with E-state index >= 15 is 0 Å². The summed E-state index contributed by atoms with van der Waals surface area (Å²) in [4.78, 5) is 22.4. The van der Waals surface area contributed by atoms with E-state index in [9.17, 15) is 18.0 Å². The lowest BCUT2D eigenvalue weighted by Gasteiger charge is -2.37. The molecule has 0 aromatic heterocycles. The van der Waals surface area contributed by atoms with Crippen molar-refractivity contribution in [3.8, 4) is 0 Å². The van der Waals surface area contributed by atoms with Crippen molar-refractivity contribution in [1.29, 1.82) is 0 Å². The fourth-order valence-corrected chi connectivity index (χ4v) is 4.69. The maximum Gasteiger partial charge on any atom is 0.322 e. The van der Waals surface area contributed by atoms with Crippen molar-refractivity contribution in [2.24, 2.45) is 11.3 Å². The van der Waals surface area contributed by atoms with E-state index in [2.05, 4.69) is 30.8 Å². The monoisotopic (exact) mass is 331 g/mol. The first-order valence-electron chi connectivity index (χ1n) is 7.68. The Balaban J connectivity index is 1.86. The molecule has 2 aliphatic rings. The standard InChI is InChI=1S/C14H25N3O4S/c1-14(2,3)9-4-6-10(7-5-9)17-22(20,21)8-11-12(18)16-13(19)15-11/h9-11,17H,4-8H2,1-3H3,(H2,15,16,18,19)/t9?,10?,11-/m0/s1. The first kappa shape index (κ1) is 17.2. The second-order valence-electron chi connectivity index (χ2n) is 7.33. The SMILES string of the molecule is CC(C)(C)C1CCC(NS(=O)(=O)C[C@@H]2NC(=O)NC2=O)CC1. The highest BCUT2D eigenvalue weighted by molar-refractivity contribution is 7.89. The molecule has 8 heteroatoms. The third-order valence-electron chi connectivity index (χ3n) is 4.54. The van der Waals surface area contributed by atoms with Crippen LogP contribution in [0.4, 0.5) is 4.79 Å². The lowest BCUT2D eigenvalue weighted by atomic mass is 9.71. The summed E-state index contributed by atoms with van der Waals surface area (Å²) in [7, 11) is -3.60. The first-order chi connectivity index (χ1) is 10.1. The van der Waals surface area contributed by atoms with Crippen LogP contribution in [0.1, 0.15) is 46.5 Å². The van der Waals surface area contributed by atoms with E-state index in [1.54, 1.807) is 0 Å². The van der Waals surface area contributed by atoms with Crippen LogP contribution in [0.3, 0.4) is 0 Å². The molecule has 0 spiro atoms. The number of amides is 3. The zero-order valence-corrected chi connectivity index (χ0v) is 14.1. The van der Waals surface area contributed by atoms with Gasteiger partial charge in [-0.1, -0.05) is 20.8 Å². The van der Waals surface area contributed by atoms with Gasteiger partial charge in [0.1, 0.15) is 6.04 Å². The van der Waals surface area contributed by atoms with Gasteiger partial charge in [-0.3, -0.25) is 10.1 Å². The number of urea groups is 1. The van der Waals surface area contributed by atoms with Crippen LogP contribution in [0.2, 0.25) is 0 Å². The Bertz CT molecular complexity index is 545. The summed E-state index contributed by atoms with van der Waals surface area (Å²) in [6.07, 6.45) is 3.61. The quantitative estimate of drug-likeness (QED) is 0.660. The molecule has 0 aromatic carbocycles. The second-order valence-corrected chi connectivity index (χ2v) is 9.13. The maximum absolute atomic E-state index is 12.1. The van der Waals surface area contributed by atoms with E-state index in [1.807, 2.05) is 5.32 Å². The summed E-state index contributed by atoms with van der Waals surface area (Å²) >= 11 is 0. The van der Waals surface area contributed by atoms with Crippen LogP contribution in [-0.4, -0.2) is 38.2 Å². The molecule has 22 heavy (non-hydrogen) atoms. The Morgan fingerprint density at radius 2 is 1.73 bits per heavy atom. The minimum Gasteiger partial charge on any atom is -0.325 e. The van der Waals surface area contributed by atoms with Gasteiger partial charge in [-0.2, -0.15) is 0 Å². The highest BCUT2D eigenvalue weighted by Gasteiger charge is 2.35. The van der Waals surface area contributed by atoms with Crippen molar-refractivity contribution in [1.82, 2.24) is 15.4 Å². The Morgan fingerprint density at radius 1 is 1.14 bits per heavy atom. The maximum atomic E-state index is 12.1. The summed E-state index contributed by atoms with van der Waals surface area (Å²) in [5.41, 5.74) is 0.246. The van der Waals surface area contributed by atoms with Gasteiger partial charge in [-0.05, 0) is 37.0 Å². The highest BCUT2D eigenvalue weighted by atomic mass is 32.2. The molecule has 1 heterocycles. The van der Waals surface area contributed by atoms with Crippen molar-refractivity contribution in [2.75, 3.05) is 5.75 Å². The van der Waals surface area contributed by atoms with Gasteiger partial charge < -0.3 is 5.32 Å². The van der Waals surface area contributed by atoms with E-state index in [0.29, 0.717) is 5.92 Å². The first-order valence-corrected chi connectivity index (χ1v) is 9.33. The van der Waals surface area contributed by atoms with Gasteiger partial charge in [0.2, 0.25) is 10.0 Å². The molecule has 0 bridgehead atoms. The van der Waals surface area contributed by atoms with E-state index in [-0.39, 0.29) is 11.5 Å². The van der Waals surface area contributed by atoms with Crippen LogP contribution in [0.25, 0.3) is 0 Å². The number of rotatable bonds is 4. The Labute approximate surface area is 131 Å². The lowest BCUT2D eigenvalue weighted by Crippen LogP contribution is -2.45. The van der Waals surface area contributed by atoms with Crippen molar-refractivity contribution >= 4 is 22.0 Å². The molecule has 1 saturated heterocycles. The molecule has 0 unspecified atom stereocenters. The zero-order valence-electron chi connectivity index (χ0n) is 13.3. The van der Waals surface area contributed by atoms with Gasteiger partial charge in [0.25, 0.3) is 5.91 Å². The highest BCUT2D eigenvalue weighted by Crippen LogP contribution is 2.37. The molecule has 7 nitrogen and oxygen atoms in total. The van der Waals surface area contributed by atoms with Gasteiger partial charge in [-0.15, -0.1) is 0 Å². The molecule has 1 saturated carbocycles. The number of carbonyl (C=O) groups is 2. The average molecular weight is 331 g/mol. The molecule has 1 aliphatic carbocycles. The smallest absolute Gasteiger partial charge is 0.322 e. The molecule has 3 N–H and O–H groups in total. The topological polar surface area (TPSA) is 104 Å². The van der Waals surface area contributed by atoms with E-state index in [1.165, 1.54) is 0 Å². The van der Waals surface area contributed by atoms with E-state index in [4.69, 9.17) is 0 Å². The summed E-state index contributed by atoms with van der Waals surface area (Å²) < 4.78 is 27.0. The van der Waals surface area contributed by atoms with Gasteiger partial charge >= 0.3 is 6.03 Å². The summed E-state index contributed by atoms with van der Waals surface area (Å²) in [5.74, 6) is -0.399. The third kappa shape index (κ3) is 4.42. The molecule has 1 aliphatic heterocycles. The molecule has 2 rings (SSSR count). The molecule has 0 radical (unpaired) electrons. The van der Waals surface area contributed by atoms with Crippen LogP contribution in [0, 0.1) is 11.3 Å². The number of imide groups is 1. The number of sulfonamides is 1. The largest absolute Gasteiger partial charge is 0.325 e. The second kappa shape index (κ2) is 6.16. The number of hydrogen-bond acceptors (Lipinski definition) is 4. The normalized spacial score (nSPS) is 30.0. The van der Waals surface area contributed by atoms with Crippen molar-refractivity contribution in [3.63, 3.8) is 0 Å². The molecule has 126 valence electrons. The van der Waals surface area contributed by atoms with Gasteiger partial charge in [-0.25, -0.2) is 17.9 Å². The van der Waals surface area contributed by atoms with Crippen molar-refractivity contribution in [3.05, 3.63) is 0 Å². The Morgan fingerprint density at radius 3 is 2.18 bits per heavy atom. The van der Waals surface area contributed by atoms with E-state index in [0.717, 1.165) is 25.7 Å². The average Bonchev–Trinajstić information content (AvgIpc) is 2.65. The van der Waals surface area contributed by atoms with Crippen molar-refractivity contribution < 1.29 is 18.0 Å². The number of hydrogen-bond donors (Lipinski definition) is 3. The number of carbonyl (C=O) groups excluding carboxylic acids is 2. The minimum absolute atomic E-state index is 0.0798. The summed E-state index contributed by atoms with van der Waals surface area (Å²) in [6, 6.07) is -1.73. The Kier molecular flexibility index (Phi) is 4.81. The molecular formula is C14H25N3O4S. The molecular weight excluding hydrogens is 306 g/mol. The fourth-order valence-electron chi connectivity index (χ4n) is 3.17. The van der Waals surface area contributed by atoms with Gasteiger partial charge in [0.05, 0.1) is 5.75 Å². The van der Waals surface area contributed by atoms with Crippen molar-refractivity contribution in [2.45, 2.75) is 58.5 Å². The van der Waals surface area contributed by atoms with Crippen LogP contribution in [0.15, 0.2) is 0 Å². The predicted octanol–water partition coefficient (Wildman–Crippen LogP) is 0.719. The predicted molar refractivity (Wildman–Crippen MR) is 82.6 cm³/mol. The molecule has 1 atom stereocenters. The fraction of sp³-hybridized carbons (Fsp3) is 0.857. The van der Waals surface area contributed by atoms with Crippen LogP contribution in [-0.2, 0) is 14.8 Å². The minimum atomic E-state index is -3.60. The van der Waals surface area contributed by atoms with E-state index < -0.39 is 33.8 Å². The number of nitrogens with one attached hydrogen (secondary N) is 3. The molecule has 2 fully saturated rings. The molecule has 3 amide bonds. The van der Waals surface area contributed by atoms with Gasteiger partial charge in [0.15, 0.2) is 0 Å². The summed E-state index contributed by atoms with van der Waals surface area (Å²) in [6.45, 7) is 6.64. The molecule has 0 aromatic rings. The van der Waals surface area contributed by atoms with Crippen LogP contribution >= 0.6 is 0 Å². The van der Waals surface area contributed by atoms with Crippen LogP contribution in [0.5, 0.6) is 0 Å². The van der Waals surface area contributed by atoms with Gasteiger partial charge in [0, 0.05) is 6.04 Å². The third-order valence-corrected chi connectivity index (χ3v) is 6.01. The Hall–Kier alpha value is -1.15. The summed E-state index contributed by atoms with van der Waals surface area (Å²) in [5, 5.41) is 4.34. The zero-order chi connectivity index (χ0) is 16.5. The lowest BCUT2D eigenvalue weighted by molar-refractivity contribution is -0.119. The van der Waals surface area contributed by atoms with Crippen LogP contribution < -0.4 is 15.4 Å².